The molecule has 1 rings (SSSR count). The highest BCUT2D eigenvalue weighted by Crippen LogP contribution is 2.16. The Morgan fingerprint density at radius 3 is 2.44 bits per heavy atom. The summed E-state index contributed by atoms with van der Waals surface area (Å²) in [5, 5.41) is 0. The molecule has 0 heterocycles. The zero-order valence-corrected chi connectivity index (χ0v) is 11.2. The molecule has 0 aliphatic rings. The van der Waals surface area contributed by atoms with Gasteiger partial charge >= 0.3 is 0 Å². The van der Waals surface area contributed by atoms with E-state index in [-0.39, 0.29) is 11.6 Å². The third kappa shape index (κ3) is 3.28. The van der Waals surface area contributed by atoms with Crippen LogP contribution >= 0.6 is 0 Å². The average molecular weight is 255 g/mol. The highest BCUT2D eigenvalue weighted by atomic mass is 19.2. The van der Waals surface area contributed by atoms with Gasteiger partial charge in [-0.3, -0.25) is 4.79 Å². The largest absolute Gasteiger partial charge is 0.339 e. The number of carbonyl (C=O) groups excluding carboxylic acids is 1. The number of amides is 1. The third-order valence-corrected chi connectivity index (χ3v) is 2.98. The Balaban J connectivity index is 2.90. The number of nitrogens with zero attached hydrogens (tertiary/aromatic N) is 1. The molecule has 1 unspecified atom stereocenters. The maximum atomic E-state index is 13.5. The summed E-state index contributed by atoms with van der Waals surface area (Å²) in [6, 6.07) is 3.63. The van der Waals surface area contributed by atoms with Crippen molar-refractivity contribution in [1.29, 1.82) is 0 Å². The summed E-state index contributed by atoms with van der Waals surface area (Å²) in [7, 11) is 1.61. The molecule has 0 aliphatic carbocycles. The van der Waals surface area contributed by atoms with Gasteiger partial charge in [0.05, 0.1) is 5.56 Å². The molecule has 0 fully saturated rings. The van der Waals surface area contributed by atoms with Gasteiger partial charge < -0.3 is 4.90 Å². The molecule has 0 aromatic heterocycles. The van der Waals surface area contributed by atoms with E-state index in [0.29, 0.717) is 5.92 Å². The Bertz CT molecular complexity index is 432. The molecule has 2 nitrogen and oxygen atoms in total. The standard InChI is InChI=1S/C14H19F2NO/c1-9(2)8-10(3)17(4)14(18)11-6-5-7-12(15)13(11)16/h5-7,9-10H,8H2,1-4H3. The Hall–Kier alpha value is -1.45. The van der Waals surface area contributed by atoms with Crippen LogP contribution in [0.1, 0.15) is 37.6 Å². The lowest BCUT2D eigenvalue weighted by molar-refractivity contribution is 0.0722. The van der Waals surface area contributed by atoms with Crippen LogP contribution in [0, 0.1) is 17.6 Å². The van der Waals surface area contributed by atoms with E-state index in [1.54, 1.807) is 7.05 Å². The van der Waals surface area contributed by atoms with Crippen LogP contribution in [0.25, 0.3) is 0 Å². The summed E-state index contributed by atoms with van der Waals surface area (Å²) in [6.45, 7) is 6.00. The van der Waals surface area contributed by atoms with Crippen molar-refractivity contribution in [2.75, 3.05) is 7.05 Å². The molecule has 0 saturated heterocycles. The van der Waals surface area contributed by atoms with E-state index in [4.69, 9.17) is 0 Å². The van der Waals surface area contributed by atoms with Gasteiger partial charge in [-0.2, -0.15) is 0 Å². The number of benzene rings is 1. The second-order valence-electron chi connectivity index (χ2n) is 5.00. The van der Waals surface area contributed by atoms with Gasteiger partial charge in [-0.25, -0.2) is 8.78 Å². The fourth-order valence-corrected chi connectivity index (χ4v) is 1.90. The Morgan fingerprint density at radius 2 is 1.89 bits per heavy atom. The van der Waals surface area contributed by atoms with E-state index in [1.165, 1.54) is 17.0 Å². The normalized spacial score (nSPS) is 12.6. The number of halogens is 2. The predicted octanol–water partition coefficient (Wildman–Crippen LogP) is 3.47. The van der Waals surface area contributed by atoms with Crippen LogP contribution in [0.4, 0.5) is 8.78 Å². The lowest BCUT2D eigenvalue weighted by atomic mass is 10.0. The Labute approximate surface area is 107 Å². The monoisotopic (exact) mass is 255 g/mol. The van der Waals surface area contributed by atoms with Crippen molar-refractivity contribution in [2.45, 2.75) is 33.2 Å². The Morgan fingerprint density at radius 1 is 1.28 bits per heavy atom. The van der Waals surface area contributed by atoms with Crippen LogP contribution < -0.4 is 0 Å². The summed E-state index contributed by atoms with van der Waals surface area (Å²) in [6.07, 6.45) is 0.819. The van der Waals surface area contributed by atoms with Crippen molar-refractivity contribution in [3.05, 3.63) is 35.4 Å². The summed E-state index contributed by atoms with van der Waals surface area (Å²) in [5.74, 6) is -2.12. The highest BCUT2D eigenvalue weighted by molar-refractivity contribution is 5.94. The first-order valence-electron chi connectivity index (χ1n) is 6.05. The van der Waals surface area contributed by atoms with Crippen molar-refractivity contribution in [1.82, 2.24) is 4.90 Å². The average Bonchev–Trinajstić information content (AvgIpc) is 2.30. The molecule has 1 atom stereocenters. The van der Waals surface area contributed by atoms with Crippen molar-refractivity contribution in [2.24, 2.45) is 5.92 Å². The van der Waals surface area contributed by atoms with Crippen LogP contribution in [-0.2, 0) is 0 Å². The molecule has 1 aromatic rings. The molecule has 1 amide bonds. The van der Waals surface area contributed by atoms with E-state index in [0.717, 1.165) is 12.5 Å². The van der Waals surface area contributed by atoms with Crippen LogP contribution in [-0.4, -0.2) is 23.9 Å². The molecular weight excluding hydrogens is 236 g/mol. The zero-order chi connectivity index (χ0) is 13.9. The van der Waals surface area contributed by atoms with Gasteiger partial charge in [0.15, 0.2) is 11.6 Å². The van der Waals surface area contributed by atoms with Crippen LogP contribution in [0.15, 0.2) is 18.2 Å². The molecule has 100 valence electrons. The van der Waals surface area contributed by atoms with Gasteiger partial charge in [-0.1, -0.05) is 19.9 Å². The minimum Gasteiger partial charge on any atom is -0.339 e. The molecular formula is C14H19F2NO. The minimum atomic E-state index is -1.08. The van der Waals surface area contributed by atoms with E-state index >= 15 is 0 Å². The van der Waals surface area contributed by atoms with Crippen molar-refractivity contribution in [3.63, 3.8) is 0 Å². The second-order valence-corrected chi connectivity index (χ2v) is 5.00. The quantitative estimate of drug-likeness (QED) is 0.806. The van der Waals surface area contributed by atoms with Gasteiger partial charge in [0, 0.05) is 13.1 Å². The number of carbonyl (C=O) groups is 1. The zero-order valence-electron chi connectivity index (χ0n) is 11.2. The molecule has 0 radical (unpaired) electrons. The van der Waals surface area contributed by atoms with Crippen molar-refractivity contribution >= 4 is 5.91 Å². The number of hydrogen-bond donors (Lipinski definition) is 0. The van der Waals surface area contributed by atoms with Gasteiger partial charge in [0.2, 0.25) is 0 Å². The van der Waals surface area contributed by atoms with Crippen molar-refractivity contribution < 1.29 is 13.6 Å². The maximum absolute atomic E-state index is 13.5. The van der Waals surface area contributed by atoms with Crippen LogP contribution in [0.2, 0.25) is 0 Å². The van der Waals surface area contributed by atoms with Crippen LogP contribution in [0.5, 0.6) is 0 Å². The predicted molar refractivity (Wildman–Crippen MR) is 67.4 cm³/mol. The lowest BCUT2D eigenvalue weighted by Gasteiger charge is -2.26. The van der Waals surface area contributed by atoms with E-state index in [1.807, 2.05) is 6.92 Å². The summed E-state index contributed by atoms with van der Waals surface area (Å²) in [4.78, 5) is 13.5. The van der Waals surface area contributed by atoms with Crippen LogP contribution in [0.3, 0.4) is 0 Å². The van der Waals surface area contributed by atoms with E-state index < -0.39 is 17.5 Å². The van der Waals surface area contributed by atoms with Gasteiger partial charge in [-0.15, -0.1) is 0 Å². The minimum absolute atomic E-state index is 0.0137. The number of rotatable bonds is 4. The molecule has 1 aromatic carbocycles. The Kier molecular flexibility index (Phi) is 4.82. The fourth-order valence-electron chi connectivity index (χ4n) is 1.90. The first-order valence-corrected chi connectivity index (χ1v) is 6.05. The molecule has 0 bridgehead atoms. The maximum Gasteiger partial charge on any atom is 0.256 e. The molecule has 4 heteroatoms. The second kappa shape index (κ2) is 5.94. The first-order chi connectivity index (χ1) is 8.34. The van der Waals surface area contributed by atoms with E-state index in [9.17, 15) is 13.6 Å². The fraction of sp³-hybridized carbons (Fsp3) is 0.500. The molecule has 0 N–H and O–H groups in total. The van der Waals surface area contributed by atoms with E-state index in [2.05, 4.69) is 13.8 Å². The summed E-state index contributed by atoms with van der Waals surface area (Å²) >= 11 is 0. The molecule has 18 heavy (non-hydrogen) atoms. The SMILES string of the molecule is CC(C)CC(C)N(C)C(=O)c1cccc(F)c1F. The summed E-state index contributed by atoms with van der Waals surface area (Å²) < 4.78 is 26.6. The molecule has 0 aliphatic heterocycles. The first kappa shape index (κ1) is 14.6. The van der Waals surface area contributed by atoms with Crippen molar-refractivity contribution in [3.8, 4) is 0 Å². The molecule has 0 spiro atoms. The topological polar surface area (TPSA) is 20.3 Å². The molecule has 0 saturated carbocycles. The van der Waals surface area contributed by atoms with Gasteiger partial charge in [0.1, 0.15) is 0 Å². The smallest absolute Gasteiger partial charge is 0.256 e. The number of hydrogen-bond acceptors (Lipinski definition) is 1. The highest BCUT2D eigenvalue weighted by Gasteiger charge is 2.22. The third-order valence-electron chi connectivity index (χ3n) is 2.98. The van der Waals surface area contributed by atoms with Gasteiger partial charge in [-0.05, 0) is 31.4 Å². The summed E-state index contributed by atoms with van der Waals surface area (Å²) in [5.41, 5.74) is -0.215. The van der Waals surface area contributed by atoms with Gasteiger partial charge in [0.25, 0.3) is 5.91 Å². The lowest BCUT2D eigenvalue weighted by Crippen LogP contribution is -2.36.